The molecule has 0 saturated carbocycles. The number of rotatable bonds is 1. The Morgan fingerprint density at radius 2 is 2.17 bits per heavy atom. The molecule has 0 aliphatic rings. The molecule has 1 heterocycles. The number of alkyl halides is 3. The summed E-state index contributed by atoms with van der Waals surface area (Å²) in [7, 11) is 0. The Bertz CT molecular complexity index is 272. The SMILES string of the molecule is CSc1[c]ncc(C(F)(F)F)c1. The van der Waals surface area contributed by atoms with E-state index < -0.39 is 11.7 Å². The van der Waals surface area contributed by atoms with Crippen LogP contribution in [0.2, 0.25) is 0 Å². The standard InChI is InChI=1S/C7H5F3NS/c1-12-6-2-5(3-11-4-6)7(8,9)10/h2-3H,1H3. The van der Waals surface area contributed by atoms with Gasteiger partial charge in [-0.15, -0.1) is 11.8 Å². The minimum absolute atomic E-state index is 0.393. The van der Waals surface area contributed by atoms with Gasteiger partial charge >= 0.3 is 6.18 Å². The minimum Gasteiger partial charge on any atom is -0.253 e. The van der Waals surface area contributed by atoms with Crippen molar-refractivity contribution in [3.63, 3.8) is 0 Å². The van der Waals surface area contributed by atoms with Gasteiger partial charge in [-0.05, 0) is 12.3 Å². The predicted octanol–water partition coefficient (Wildman–Crippen LogP) is 2.62. The van der Waals surface area contributed by atoms with Gasteiger partial charge in [0.2, 0.25) is 0 Å². The molecule has 1 aromatic heterocycles. The number of hydrogen-bond acceptors (Lipinski definition) is 2. The largest absolute Gasteiger partial charge is 0.417 e. The van der Waals surface area contributed by atoms with Gasteiger partial charge < -0.3 is 0 Å². The first-order valence-electron chi connectivity index (χ1n) is 3.03. The number of thioether (sulfide) groups is 1. The summed E-state index contributed by atoms with van der Waals surface area (Å²) in [6, 6.07) is 1.03. The van der Waals surface area contributed by atoms with Crippen molar-refractivity contribution < 1.29 is 13.2 Å². The molecule has 1 rings (SSSR count). The van der Waals surface area contributed by atoms with Crippen LogP contribution in [0.4, 0.5) is 13.2 Å². The summed E-state index contributed by atoms with van der Waals surface area (Å²) < 4.78 is 36.1. The molecular formula is C7H5F3NS. The second-order valence-corrected chi connectivity index (χ2v) is 2.88. The van der Waals surface area contributed by atoms with E-state index in [1.54, 1.807) is 6.26 Å². The van der Waals surface area contributed by atoms with Gasteiger partial charge in [-0.2, -0.15) is 13.2 Å². The number of halogens is 3. The van der Waals surface area contributed by atoms with Gasteiger partial charge in [-0.1, -0.05) is 0 Å². The van der Waals surface area contributed by atoms with Crippen molar-refractivity contribution in [3.8, 4) is 0 Å². The molecule has 0 fully saturated rings. The van der Waals surface area contributed by atoms with E-state index in [-0.39, 0.29) is 0 Å². The molecule has 0 unspecified atom stereocenters. The molecule has 1 nitrogen and oxygen atoms in total. The second kappa shape index (κ2) is 3.35. The molecule has 0 aliphatic carbocycles. The molecule has 0 saturated heterocycles. The van der Waals surface area contributed by atoms with Gasteiger partial charge in [0.05, 0.1) is 5.56 Å². The average Bonchev–Trinajstić information content (AvgIpc) is 2.03. The van der Waals surface area contributed by atoms with Crippen molar-refractivity contribution in [2.75, 3.05) is 6.26 Å². The third kappa shape index (κ3) is 2.14. The fraction of sp³-hybridized carbons (Fsp3) is 0.286. The lowest BCUT2D eigenvalue weighted by molar-refractivity contribution is -0.138. The van der Waals surface area contributed by atoms with Crippen LogP contribution in [0.15, 0.2) is 17.2 Å². The van der Waals surface area contributed by atoms with Crippen molar-refractivity contribution in [2.24, 2.45) is 0 Å². The van der Waals surface area contributed by atoms with Gasteiger partial charge in [0.25, 0.3) is 0 Å². The average molecular weight is 192 g/mol. The molecule has 1 radical (unpaired) electrons. The van der Waals surface area contributed by atoms with E-state index in [4.69, 9.17) is 0 Å². The van der Waals surface area contributed by atoms with Crippen molar-refractivity contribution >= 4 is 11.8 Å². The third-order valence-electron chi connectivity index (χ3n) is 1.21. The molecule has 5 heteroatoms. The monoisotopic (exact) mass is 192 g/mol. The highest BCUT2D eigenvalue weighted by Crippen LogP contribution is 2.30. The summed E-state index contributed by atoms with van der Waals surface area (Å²) in [5, 5.41) is 0. The molecule has 0 atom stereocenters. The van der Waals surface area contributed by atoms with Gasteiger partial charge in [0.15, 0.2) is 0 Å². The van der Waals surface area contributed by atoms with Crippen molar-refractivity contribution in [3.05, 3.63) is 24.0 Å². The maximum absolute atomic E-state index is 12.0. The molecule has 0 amide bonds. The van der Waals surface area contributed by atoms with Crippen LogP contribution < -0.4 is 0 Å². The van der Waals surface area contributed by atoms with Crippen LogP contribution in [0.5, 0.6) is 0 Å². The molecule has 0 aliphatic heterocycles. The van der Waals surface area contributed by atoms with Gasteiger partial charge in [-0.3, -0.25) is 4.98 Å². The highest BCUT2D eigenvalue weighted by molar-refractivity contribution is 7.98. The molecule has 12 heavy (non-hydrogen) atoms. The van der Waals surface area contributed by atoms with E-state index in [1.807, 2.05) is 0 Å². The fourth-order valence-electron chi connectivity index (χ4n) is 0.636. The van der Waals surface area contributed by atoms with E-state index in [1.165, 1.54) is 11.8 Å². The van der Waals surface area contributed by atoms with E-state index in [2.05, 4.69) is 11.2 Å². The fourth-order valence-corrected chi connectivity index (χ4v) is 1.02. The van der Waals surface area contributed by atoms with Crippen LogP contribution in [0, 0.1) is 6.20 Å². The van der Waals surface area contributed by atoms with Crippen LogP contribution in [-0.4, -0.2) is 11.2 Å². The van der Waals surface area contributed by atoms with E-state index >= 15 is 0 Å². The van der Waals surface area contributed by atoms with Crippen molar-refractivity contribution in [1.82, 2.24) is 4.98 Å². The molecule has 1 aromatic rings. The van der Waals surface area contributed by atoms with Crippen LogP contribution in [-0.2, 0) is 6.18 Å². The van der Waals surface area contributed by atoms with Gasteiger partial charge in [0, 0.05) is 11.1 Å². The maximum Gasteiger partial charge on any atom is 0.417 e. The van der Waals surface area contributed by atoms with Crippen LogP contribution in [0.1, 0.15) is 5.56 Å². The summed E-state index contributed by atoms with van der Waals surface area (Å²) in [6.07, 6.45) is 0.568. The second-order valence-electron chi connectivity index (χ2n) is 2.04. The van der Waals surface area contributed by atoms with Crippen LogP contribution in [0.3, 0.4) is 0 Å². The first kappa shape index (κ1) is 9.38. The number of nitrogens with zero attached hydrogens (tertiary/aromatic N) is 1. The predicted molar refractivity (Wildman–Crippen MR) is 39.9 cm³/mol. The summed E-state index contributed by atoms with van der Waals surface area (Å²) in [5.41, 5.74) is -0.731. The summed E-state index contributed by atoms with van der Waals surface area (Å²) in [4.78, 5) is 3.75. The highest BCUT2D eigenvalue weighted by Gasteiger charge is 2.30. The lowest BCUT2D eigenvalue weighted by Crippen LogP contribution is -2.05. The van der Waals surface area contributed by atoms with Crippen molar-refractivity contribution in [2.45, 2.75) is 11.1 Å². The van der Waals surface area contributed by atoms with Crippen molar-refractivity contribution in [1.29, 1.82) is 0 Å². The Morgan fingerprint density at radius 1 is 1.50 bits per heavy atom. The summed E-state index contributed by atoms with van der Waals surface area (Å²) in [5.74, 6) is 0. The molecule has 65 valence electrons. The summed E-state index contributed by atoms with van der Waals surface area (Å²) in [6.45, 7) is 0. The molecule has 0 aromatic carbocycles. The van der Waals surface area contributed by atoms with E-state index in [0.29, 0.717) is 4.90 Å². The van der Waals surface area contributed by atoms with Gasteiger partial charge in [-0.25, -0.2) is 0 Å². The first-order valence-corrected chi connectivity index (χ1v) is 4.25. The Kier molecular flexibility index (Phi) is 2.62. The summed E-state index contributed by atoms with van der Waals surface area (Å²) >= 11 is 1.18. The molecule has 0 bridgehead atoms. The molecule has 0 N–H and O–H groups in total. The Hall–Kier alpha value is -0.710. The zero-order chi connectivity index (χ0) is 9.19. The molecule has 0 spiro atoms. The lowest BCUT2D eigenvalue weighted by atomic mass is 10.3. The number of hydrogen-bond donors (Lipinski definition) is 0. The minimum atomic E-state index is -4.31. The highest BCUT2D eigenvalue weighted by atomic mass is 32.2. The topological polar surface area (TPSA) is 12.9 Å². The Morgan fingerprint density at radius 3 is 2.67 bits per heavy atom. The Balaban J connectivity index is 3.02. The number of pyridine rings is 1. The van der Waals surface area contributed by atoms with E-state index in [0.717, 1.165) is 12.3 Å². The van der Waals surface area contributed by atoms with Gasteiger partial charge in [0.1, 0.15) is 6.20 Å². The zero-order valence-electron chi connectivity index (χ0n) is 6.14. The lowest BCUT2D eigenvalue weighted by Gasteiger charge is -2.05. The molecular weight excluding hydrogens is 187 g/mol. The Labute approximate surface area is 72.0 Å². The smallest absolute Gasteiger partial charge is 0.253 e. The number of aromatic nitrogens is 1. The zero-order valence-corrected chi connectivity index (χ0v) is 6.96. The quantitative estimate of drug-likeness (QED) is 0.634. The first-order chi connectivity index (χ1) is 5.54. The van der Waals surface area contributed by atoms with Crippen LogP contribution in [0.25, 0.3) is 0 Å². The normalized spacial score (nSPS) is 11.7. The third-order valence-corrected chi connectivity index (χ3v) is 1.86. The maximum atomic E-state index is 12.0. The van der Waals surface area contributed by atoms with E-state index in [9.17, 15) is 13.2 Å². The van der Waals surface area contributed by atoms with Crippen LogP contribution >= 0.6 is 11.8 Å².